The zero-order valence-electron chi connectivity index (χ0n) is 19.4. The maximum atomic E-state index is 12.8. The van der Waals surface area contributed by atoms with E-state index in [0.29, 0.717) is 49.3 Å². The molecule has 8 heteroatoms. The van der Waals surface area contributed by atoms with E-state index in [-0.39, 0.29) is 29.9 Å². The molecule has 1 aromatic rings. The summed E-state index contributed by atoms with van der Waals surface area (Å²) in [7, 11) is 0. The van der Waals surface area contributed by atoms with Crippen LogP contribution in [-0.4, -0.2) is 67.0 Å². The number of nitrogens with one attached hydrogen (secondary N) is 1. The fourth-order valence-corrected chi connectivity index (χ4v) is 6.30. The molecule has 0 unspecified atom stereocenters. The lowest BCUT2D eigenvalue weighted by Crippen LogP contribution is -2.52. The second-order valence-electron chi connectivity index (χ2n) is 10.3. The number of fused-ring (bicyclic) bond motifs is 1. The molecule has 2 fully saturated rings. The van der Waals surface area contributed by atoms with Gasteiger partial charge in [-0.25, -0.2) is 0 Å². The van der Waals surface area contributed by atoms with Crippen molar-refractivity contribution in [2.75, 3.05) is 44.6 Å². The van der Waals surface area contributed by atoms with Crippen LogP contribution >= 0.6 is 11.3 Å². The zero-order chi connectivity index (χ0) is 22.9. The highest BCUT2D eigenvalue weighted by molar-refractivity contribution is 7.16. The Morgan fingerprint density at radius 2 is 1.97 bits per heavy atom. The first-order valence-electron chi connectivity index (χ1n) is 11.7. The summed E-state index contributed by atoms with van der Waals surface area (Å²) in [6, 6.07) is 2.34. The maximum absolute atomic E-state index is 12.8. The summed E-state index contributed by atoms with van der Waals surface area (Å²) in [6.45, 7) is 10.4. The molecule has 0 bridgehead atoms. The van der Waals surface area contributed by atoms with Gasteiger partial charge in [0.05, 0.1) is 12.1 Å². The van der Waals surface area contributed by atoms with E-state index in [4.69, 9.17) is 4.74 Å². The Morgan fingerprint density at radius 3 is 2.59 bits per heavy atom. The van der Waals surface area contributed by atoms with E-state index in [1.165, 1.54) is 4.88 Å². The van der Waals surface area contributed by atoms with Gasteiger partial charge in [-0.2, -0.15) is 5.26 Å². The van der Waals surface area contributed by atoms with Gasteiger partial charge >= 0.3 is 0 Å². The van der Waals surface area contributed by atoms with Crippen LogP contribution in [0.25, 0.3) is 0 Å². The molecule has 2 saturated heterocycles. The fraction of sp³-hybridized carbons (Fsp3) is 0.708. The number of thiophene rings is 1. The van der Waals surface area contributed by atoms with Crippen LogP contribution < -0.4 is 5.32 Å². The molecule has 4 rings (SSSR count). The lowest BCUT2D eigenvalue weighted by Gasteiger charge is -2.35. The average molecular weight is 459 g/mol. The Labute approximate surface area is 194 Å². The molecule has 0 saturated carbocycles. The lowest BCUT2D eigenvalue weighted by atomic mass is 9.72. The normalized spacial score (nSPS) is 24.1. The zero-order valence-corrected chi connectivity index (χ0v) is 20.2. The van der Waals surface area contributed by atoms with Crippen molar-refractivity contribution in [1.29, 1.82) is 5.26 Å². The third kappa shape index (κ3) is 5.00. The van der Waals surface area contributed by atoms with Gasteiger partial charge < -0.3 is 15.0 Å². The van der Waals surface area contributed by atoms with Gasteiger partial charge in [-0.05, 0) is 49.0 Å². The largest absolute Gasteiger partial charge is 0.368 e. The van der Waals surface area contributed by atoms with E-state index in [2.05, 4.69) is 37.1 Å². The number of hydrogen-bond acceptors (Lipinski definition) is 6. The molecule has 7 nitrogen and oxygen atoms in total. The van der Waals surface area contributed by atoms with Crippen molar-refractivity contribution in [2.45, 2.75) is 59.0 Å². The summed E-state index contributed by atoms with van der Waals surface area (Å²) in [5, 5.41) is 13.5. The van der Waals surface area contributed by atoms with Gasteiger partial charge in [-0.3, -0.25) is 14.5 Å². The molecule has 174 valence electrons. The minimum absolute atomic E-state index is 0.0861. The molecule has 1 aliphatic carbocycles. The van der Waals surface area contributed by atoms with E-state index in [0.717, 1.165) is 37.7 Å². The minimum Gasteiger partial charge on any atom is -0.368 e. The van der Waals surface area contributed by atoms with Crippen molar-refractivity contribution in [1.82, 2.24) is 9.80 Å². The van der Waals surface area contributed by atoms with Crippen molar-refractivity contribution in [3.63, 3.8) is 0 Å². The van der Waals surface area contributed by atoms with Crippen LogP contribution in [-0.2, 0) is 27.2 Å². The summed E-state index contributed by atoms with van der Waals surface area (Å²) >= 11 is 1.58. The second kappa shape index (κ2) is 9.50. The van der Waals surface area contributed by atoms with Crippen LogP contribution in [0.4, 0.5) is 5.00 Å². The van der Waals surface area contributed by atoms with Gasteiger partial charge in [-0.1, -0.05) is 20.8 Å². The van der Waals surface area contributed by atoms with Crippen molar-refractivity contribution >= 4 is 28.2 Å². The number of hydrogen-bond donors (Lipinski definition) is 1. The number of carbonyl (C=O) groups excluding carboxylic acids is 2. The van der Waals surface area contributed by atoms with Crippen molar-refractivity contribution < 1.29 is 14.3 Å². The quantitative estimate of drug-likeness (QED) is 0.750. The molecule has 32 heavy (non-hydrogen) atoms. The number of amides is 2. The van der Waals surface area contributed by atoms with E-state index >= 15 is 0 Å². The van der Waals surface area contributed by atoms with Crippen LogP contribution in [0.1, 0.15) is 56.0 Å². The second-order valence-corrected chi connectivity index (χ2v) is 11.4. The predicted molar refractivity (Wildman–Crippen MR) is 125 cm³/mol. The average Bonchev–Trinajstić information content (AvgIpc) is 3.40. The Morgan fingerprint density at radius 1 is 1.22 bits per heavy atom. The smallest absolute Gasteiger partial charge is 0.251 e. The van der Waals surface area contributed by atoms with Crippen molar-refractivity contribution in [3.05, 3.63) is 16.0 Å². The van der Waals surface area contributed by atoms with Crippen LogP contribution in [0, 0.1) is 22.7 Å². The van der Waals surface area contributed by atoms with Crippen molar-refractivity contribution in [2.24, 2.45) is 11.3 Å². The summed E-state index contributed by atoms with van der Waals surface area (Å²) in [4.78, 5) is 30.4. The summed E-state index contributed by atoms with van der Waals surface area (Å²) in [5.41, 5.74) is 2.03. The molecule has 3 aliphatic rings. The summed E-state index contributed by atoms with van der Waals surface area (Å²) < 4.78 is 5.51. The third-order valence-electron chi connectivity index (χ3n) is 7.11. The number of nitriles is 1. The molecule has 2 aliphatic heterocycles. The van der Waals surface area contributed by atoms with E-state index < -0.39 is 0 Å². The highest BCUT2D eigenvalue weighted by Crippen LogP contribution is 2.43. The van der Waals surface area contributed by atoms with Crippen LogP contribution in [0.2, 0.25) is 0 Å². The highest BCUT2D eigenvalue weighted by Gasteiger charge is 2.33. The van der Waals surface area contributed by atoms with Gasteiger partial charge in [0.1, 0.15) is 17.2 Å². The van der Waals surface area contributed by atoms with E-state index in [1.54, 1.807) is 11.3 Å². The first-order chi connectivity index (χ1) is 15.3. The third-order valence-corrected chi connectivity index (χ3v) is 8.28. The molecule has 0 spiro atoms. The highest BCUT2D eigenvalue weighted by atomic mass is 32.1. The van der Waals surface area contributed by atoms with Gasteiger partial charge in [0.15, 0.2) is 0 Å². The first kappa shape index (κ1) is 23.2. The number of ether oxygens (including phenoxy) is 1. The Kier molecular flexibility index (Phi) is 6.89. The van der Waals surface area contributed by atoms with Gasteiger partial charge in [0.2, 0.25) is 5.91 Å². The topological polar surface area (TPSA) is 85.7 Å². The van der Waals surface area contributed by atoms with Gasteiger partial charge in [0.25, 0.3) is 5.91 Å². The van der Waals surface area contributed by atoms with Crippen LogP contribution in [0.5, 0.6) is 0 Å². The van der Waals surface area contributed by atoms with E-state index in [9.17, 15) is 14.9 Å². The Bertz CT molecular complexity index is 900. The Hall–Kier alpha value is -1.95. The predicted octanol–water partition coefficient (Wildman–Crippen LogP) is 3.03. The van der Waals surface area contributed by atoms with Crippen LogP contribution in [0.15, 0.2) is 0 Å². The van der Waals surface area contributed by atoms with Crippen LogP contribution in [0.3, 0.4) is 0 Å². The van der Waals surface area contributed by atoms with Gasteiger partial charge in [0, 0.05) is 37.7 Å². The monoisotopic (exact) mass is 458 g/mol. The first-order valence-corrected chi connectivity index (χ1v) is 12.5. The molecular weight excluding hydrogens is 424 g/mol. The lowest BCUT2D eigenvalue weighted by molar-refractivity contribution is -0.142. The number of rotatable bonds is 4. The van der Waals surface area contributed by atoms with E-state index in [1.807, 2.05) is 4.90 Å². The molecule has 2 atom stereocenters. The minimum atomic E-state index is -0.281. The maximum Gasteiger partial charge on any atom is 0.251 e. The molecule has 1 N–H and O–H groups in total. The van der Waals surface area contributed by atoms with Gasteiger partial charge in [-0.15, -0.1) is 11.3 Å². The number of carbonyl (C=O) groups is 2. The number of nitrogens with zero attached hydrogens (tertiary/aromatic N) is 3. The molecule has 0 aromatic carbocycles. The number of piperazine rings is 1. The SMILES string of the molecule is CC(C)(C)[C@@H]1CCc2c(sc(NC(=O)CN3CCN(C(=O)[C@H]4CCCO4)CC3)c2C#N)C1. The van der Waals surface area contributed by atoms with Crippen molar-refractivity contribution in [3.8, 4) is 6.07 Å². The summed E-state index contributed by atoms with van der Waals surface area (Å²) in [6.07, 6.45) is 4.46. The molecule has 3 heterocycles. The fourth-order valence-electron chi connectivity index (χ4n) is 5.00. The Balaban J connectivity index is 1.32. The standard InChI is InChI=1S/C24H34N4O3S/c1-24(2,3)16-6-7-17-18(14-25)22(32-20(17)13-16)26-21(29)15-27-8-10-28(11-9-27)23(30)19-5-4-12-31-19/h16,19H,4-13,15H2,1-3H3,(H,26,29)/t16-,19-/m1/s1. The summed E-state index contributed by atoms with van der Waals surface area (Å²) in [5.74, 6) is 0.590. The number of anilines is 1. The molecule has 2 amide bonds. The molecule has 0 radical (unpaired) electrons. The molecule has 1 aromatic heterocycles. The molecular formula is C24H34N4O3S.